The average molecular weight is 640 g/mol. The van der Waals surface area contributed by atoms with Gasteiger partial charge in [-0.05, 0) is 62.7 Å². The molecule has 1 fully saturated rings. The van der Waals surface area contributed by atoms with E-state index in [0.29, 0.717) is 6.61 Å². The van der Waals surface area contributed by atoms with Gasteiger partial charge in [0.1, 0.15) is 24.4 Å². The summed E-state index contributed by atoms with van der Waals surface area (Å²) in [6.45, 7) is 13.4. The number of benzene rings is 1. The van der Waals surface area contributed by atoms with Gasteiger partial charge in [-0.25, -0.2) is 0 Å². The molecule has 1 aromatic carbocycles. The van der Waals surface area contributed by atoms with Crippen LogP contribution in [0.25, 0.3) is 0 Å². The second kappa shape index (κ2) is 17.6. The SMILES string of the molecule is CCC(=NOCc1ccccc1)C(C)C1OC1CC(C)/C=C/C=C(\C)C1OC(=O)CC(O)CCC(C)(O)C(OC(C)=O)/C=C/C1C. The number of nitrogens with zero attached hydrogens (tertiary/aromatic N) is 1. The van der Waals surface area contributed by atoms with E-state index in [1.807, 2.05) is 56.3 Å². The number of epoxide rings is 1. The van der Waals surface area contributed by atoms with Crippen LogP contribution >= 0.6 is 0 Å². The van der Waals surface area contributed by atoms with Gasteiger partial charge in [-0.2, -0.15) is 0 Å². The van der Waals surface area contributed by atoms with Gasteiger partial charge in [0.2, 0.25) is 0 Å². The van der Waals surface area contributed by atoms with E-state index in [1.165, 1.54) is 6.92 Å². The Hall–Kier alpha value is -3.27. The molecule has 0 aromatic heterocycles. The third kappa shape index (κ3) is 11.8. The molecule has 3 rings (SSSR count). The van der Waals surface area contributed by atoms with Gasteiger partial charge in [0.25, 0.3) is 0 Å². The normalized spacial score (nSPS) is 31.6. The highest BCUT2D eigenvalue weighted by molar-refractivity contribution is 5.86. The number of esters is 2. The number of hydrogen-bond acceptors (Lipinski definition) is 9. The van der Waals surface area contributed by atoms with Crippen molar-refractivity contribution < 1.29 is 38.9 Å². The van der Waals surface area contributed by atoms with Crippen molar-refractivity contribution in [3.05, 3.63) is 71.8 Å². The molecule has 0 aliphatic carbocycles. The average Bonchev–Trinajstić information content (AvgIpc) is 3.77. The largest absolute Gasteiger partial charge is 0.457 e. The third-order valence-electron chi connectivity index (χ3n) is 8.73. The molecule has 46 heavy (non-hydrogen) atoms. The van der Waals surface area contributed by atoms with Gasteiger partial charge in [-0.1, -0.05) is 87.5 Å². The molecular weight excluding hydrogens is 586 g/mol. The van der Waals surface area contributed by atoms with Crippen LogP contribution in [0.1, 0.15) is 86.1 Å². The van der Waals surface area contributed by atoms with Crippen molar-refractivity contribution in [2.24, 2.45) is 22.9 Å². The number of aliphatic hydroxyl groups excluding tert-OH is 1. The highest BCUT2D eigenvalue weighted by Gasteiger charge is 2.44. The van der Waals surface area contributed by atoms with E-state index in [2.05, 4.69) is 32.0 Å². The molecule has 2 heterocycles. The summed E-state index contributed by atoms with van der Waals surface area (Å²) in [6, 6.07) is 9.98. The molecule has 9 atom stereocenters. The molecule has 2 aliphatic heterocycles. The lowest BCUT2D eigenvalue weighted by Crippen LogP contribution is -2.42. The van der Waals surface area contributed by atoms with E-state index in [0.717, 1.165) is 29.7 Å². The Kier molecular flexibility index (Phi) is 14.2. The molecule has 0 radical (unpaired) electrons. The Balaban J connectivity index is 1.60. The van der Waals surface area contributed by atoms with Crippen LogP contribution in [0.3, 0.4) is 0 Å². The molecule has 9 nitrogen and oxygen atoms in total. The molecule has 2 aliphatic rings. The fourth-order valence-electron chi connectivity index (χ4n) is 5.78. The maximum atomic E-state index is 12.7. The topological polar surface area (TPSA) is 127 Å². The highest BCUT2D eigenvalue weighted by Crippen LogP contribution is 2.36. The van der Waals surface area contributed by atoms with E-state index < -0.39 is 35.9 Å². The predicted molar refractivity (Wildman–Crippen MR) is 178 cm³/mol. The Morgan fingerprint density at radius 1 is 1.20 bits per heavy atom. The first-order valence-corrected chi connectivity index (χ1v) is 16.5. The summed E-state index contributed by atoms with van der Waals surface area (Å²) in [5.41, 5.74) is 1.49. The summed E-state index contributed by atoms with van der Waals surface area (Å²) in [7, 11) is 0. The lowest BCUT2D eigenvalue weighted by Gasteiger charge is -2.32. The molecule has 1 saturated heterocycles. The standard InChI is InChI=1S/C37H53NO8/c1-8-31(38-43-23-29-15-10-9-11-16-29)27(5)36-32(45-36)21-24(2)13-12-14-25(3)35-26(4)17-18-33(44-28(6)39)37(7,42)20-19-30(40)22-34(41)46-35/h9-18,24,26-27,30,32-33,35-36,40,42H,8,19-23H2,1-7H3/b13-12+,18-17+,25-14+,38-31?. The molecule has 0 amide bonds. The first kappa shape index (κ1) is 37.2. The molecule has 0 bridgehead atoms. The number of ether oxygens (including phenoxy) is 3. The van der Waals surface area contributed by atoms with E-state index in [1.54, 1.807) is 19.1 Å². The minimum atomic E-state index is -1.41. The Morgan fingerprint density at radius 3 is 2.59 bits per heavy atom. The first-order valence-electron chi connectivity index (χ1n) is 16.5. The van der Waals surface area contributed by atoms with Gasteiger partial charge in [0.05, 0.1) is 30.4 Å². The van der Waals surface area contributed by atoms with Crippen molar-refractivity contribution >= 4 is 17.7 Å². The summed E-state index contributed by atoms with van der Waals surface area (Å²) in [5, 5.41) is 25.9. The Labute approximate surface area is 274 Å². The van der Waals surface area contributed by atoms with E-state index >= 15 is 0 Å². The number of aliphatic hydroxyl groups is 2. The molecule has 254 valence electrons. The minimum absolute atomic E-state index is 0.113. The maximum Gasteiger partial charge on any atom is 0.309 e. The fraction of sp³-hybridized carbons (Fsp3) is 0.595. The molecular formula is C37H53NO8. The van der Waals surface area contributed by atoms with Crippen molar-refractivity contribution in [2.45, 2.75) is 123 Å². The van der Waals surface area contributed by atoms with Crippen molar-refractivity contribution in [3.8, 4) is 0 Å². The smallest absolute Gasteiger partial charge is 0.309 e. The van der Waals surface area contributed by atoms with Crippen LogP contribution in [-0.2, 0) is 35.2 Å². The summed E-state index contributed by atoms with van der Waals surface area (Å²) in [4.78, 5) is 30.1. The number of oxime groups is 1. The number of cyclic esters (lactones) is 1. The van der Waals surface area contributed by atoms with Crippen molar-refractivity contribution in [1.82, 2.24) is 0 Å². The van der Waals surface area contributed by atoms with Crippen LogP contribution in [0.15, 0.2) is 71.4 Å². The maximum absolute atomic E-state index is 12.7. The minimum Gasteiger partial charge on any atom is -0.457 e. The summed E-state index contributed by atoms with van der Waals surface area (Å²) < 4.78 is 17.3. The first-order chi connectivity index (χ1) is 21.8. The highest BCUT2D eigenvalue weighted by atomic mass is 16.6. The van der Waals surface area contributed by atoms with Gasteiger partial charge < -0.3 is 29.3 Å². The van der Waals surface area contributed by atoms with Crippen molar-refractivity contribution in [3.63, 3.8) is 0 Å². The van der Waals surface area contributed by atoms with Crippen LogP contribution in [0.4, 0.5) is 0 Å². The number of rotatable bonds is 12. The van der Waals surface area contributed by atoms with Crippen molar-refractivity contribution in [2.75, 3.05) is 0 Å². The van der Waals surface area contributed by atoms with Gasteiger partial charge in [0, 0.05) is 18.8 Å². The molecule has 9 heteroatoms. The lowest BCUT2D eigenvalue weighted by molar-refractivity contribution is -0.157. The monoisotopic (exact) mass is 639 g/mol. The van der Waals surface area contributed by atoms with E-state index in [9.17, 15) is 19.8 Å². The van der Waals surface area contributed by atoms with Gasteiger partial charge >= 0.3 is 11.9 Å². The third-order valence-corrected chi connectivity index (χ3v) is 8.73. The van der Waals surface area contributed by atoms with Crippen LogP contribution in [0.2, 0.25) is 0 Å². The zero-order chi connectivity index (χ0) is 33.9. The number of allylic oxidation sites excluding steroid dienone is 3. The molecule has 9 unspecified atom stereocenters. The fourth-order valence-corrected chi connectivity index (χ4v) is 5.78. The molecule has 2 N–H and O–H groups in total. The lowest BCUT2D eigenvalue weighted by atomic mass is 9.88. The Bertz CT molecular complexity index is 1250. The van der Waals surface area contributed by atoms with E-state index in [4.69, 9.17) is 19.0 Å². The Morgan fingerprint density at radius 2 is 1.91 bits per heavy atom. The van der Waals surface area contributed by atoms with Crippen molar-refractivity contribution in [1.29, 1.82) is 0 Å². The number of carbonyl (C=O) groups is 2. The second-order valence-electron chi connectivity index (χ2n) is 13.1. The van der Waals surface area contributed by atoms with Gasteiger partial charge in [0.15, 0.2) is 0 Å². The van der Waals surface area contributed by atoms with Gasteiger partial charge in [-0.3, -0.25) is 9.59 Å². The molecule has 0 spiro atoms. The summed E-state index contributed by atoms with van der Waals surface area (Å²) >= 11 is 0. The number of hydrogen-bond donors (Lipinski definition) is 2. The van der Waals surface area contributed by atoms with Crippen LogP contribution in [0.5, 0.6) is 0 Å². The summed E-state index contributed by atoms with van der Waals surface area (Å²) in [6.07, 6.45) is 9.00. The van der Waals surface area contributed by atoms with E-state index in [-0.39, 0.29) is 49.2 Å². The zero-order valence-corrected chi connectivity index (χ0v) is 28.4. The number of carbonyl (C=O) groups excluding carboxylic acids is 2. The molecule has 1 aromatic rings. The van der Waals surface area contributed by atoms with Crippen LogP contribution < -0.4 is 0 Å². The van der Waals surface area contributed by atoms with Crippen LogP contribution in [0, 0.1) is 17.8 Å². The predicted octanol–water partition coefficient (Wildman–Crippen LogP) is 6.23. The second-order valence-corrected chi connectivity index (χ2v) is 13.1. The molecule has 0 saturated carbocycles. The van der Waals surface area contributed by atoms with Gasteiger partial charge in [-0.15, -0.1) is 0 Å². The zero-order valence-electron chi connectivity index (χ0n) is 28.4. The summed E-state index contributed by atoms with van der Waals surface area (Å²) in [5.74, 6) is -0.897. The quantitative estimate of drug-likeness (QED) is 0.0688. The van der Waals surface area contributed by atoms with Crippen LogP contribution in [-0.4, -0.2) is 64.0 Å².